The summed E-state index contributed by atoms with van der Waals surface area (Å²) in [7, 11) is 1.56. The van der Waals surface area contributed by atoms with E-state index < -0.39 is 11.7 Å². The Balaban J connectivity index is 2.05. The van der Waals surface area contributed by atoms with Gasteiger partial charge in [0.1, 0.15) is 0 Å². The van der Waals surface area contributed by atoms with Gasteiger partial charge in [-0.25, -0.2) is 0 Å². The van der Waals surface area contributed by atoms with Gasteiger partial charge in [-0.05, 0) is 30.9 Å². The molecule has 116 valence electrons. The molecule has 21 heavy (non-hydrogen) atoms. The first-order chi connectivity index (χ1) is 9.95. The van der Waals surface area contributed by atoms with Gasteiger partial charge in [0.25, 0.3) is 0 Å². The SMILES string of the molecule is COCC(C1CC1)N(C=O)Cc1ccc(C(F)(F)F)cn1. The van der Waals surface area contributed by atoms with Crippen molar-refractivity contribution in [1.82, 2.24) is 9.88 Å². The van der Waals surface area contributed by atoms with Crippen LogP contribution in [0.5, 0.6) is 0 Å². The van der Waals surface area contributed by atoms with Crippen molar-refractivity contribution in [2.75, 3.05) is 13.7 Å². The number of carbonyl (C=O) groups is 1. The molecule has 0 aliphatic heterocycles. The Kier molecular flexibility index (Phi) is 4.82. The highest BCUT2D eigenvalue weighted by molar-refractivity contribution is 5.48. The maximum atomic E-state index is 12.5. The number of alkyl halides is 3. The predicted molar refractivity (Wildman–Crippen MR) is 69.2 cm³/mol. The lowest BCUT2D eigenvalue weighted by molar-refractivity contribution is -0.137. The molecule has 0 radical (unpaired) electrons. The number of halogens is 3. The zero-order valence-corrected chi connectivity index (χ0v) is 11.6. The third-order valence-corrected chi connectivity index (χ3v) is 3.56. The topological polar surface area (TPSA) is 42.4 Å². The smallest absolute Gasteiger partial charge is 0.383 e. The number of ether oxygens (including phenoxy) is 1. The zero-order chi connectivity index (χ0) is 15.5. The van der Waals surface area contributed by atoms with Crippen molar-refractivity contribution in [3.05, 3.63) is 29.6 Å². The van der Waals surface area contributed by atoms with E-state index in [2.05, 4.69) is 4.98 Å². The maximum Gasteiger partial charge on any atom is 0.417 e. The highest BCUT2D eigenvalue weighted by Crippen LogP contribution is 2.35. The van der Waals surface area contributed by atoms with Gasteiger partial charge in [0.2, 0.25) is 6.41 Å². The van der Waals surface area contributed by atoms with Crippen molar-refractivity contribution >= 4 is 6.41 Å². The van der Waals surface area contributed by atoms with Crippen LogP contribution in [0.2, 0.25) is 0 Å². The van der Waals surface area contributed by atoms with Crippen LogP contribution >= 0.6 is 0 Å². The first-order valence-electron chi connectivity index (χ1n) is 6.67. The van der Waals surface area contributed by atoms with E-state index in [9.17, 15) is 18.0 Å². The van der Waals surface area contributed by atoms with Gasteiger partial charge in [-0.2, -0.15) is 13.2 Å². The number of carbonyl (C=O) groups excluding carboxylic acids is 1. The van der Waals surface area contributed by atoms with Crippen molar-refractivity contribution in [2.45, 2.75) is 31.6 Å². The van der Waals surface area contributed by atoms with E-state index in [0.717, 1.165) is 25.1 Å². The summed E-state index contributed by atoms with van der Waals surface area (Å²) in [6.45, 7) is 0.607. The molecule has 1 aliphatic carbocycles. The van der Waals surface area contributed by atoms with E-state index in [0.29, 0.717) is 24.6 Å². The van der Waals surface area contributed by atoms with Crippen molar-refractivity contribution < 1.29 is 22.7 Å². The van der Waals surface area contributed by atoms with E-state index >= 15 is 0 Å². The second kappa shape index (κ2) is 6.43. The Hall–Kier alpha value is -1.63. The summed E-state index contributed by atoms with van der Waals surface area (Å²) in [6.07, 6.45) is -0.817. The average molecular weight is 302 g/mol. The highest BCUT2D eigenvalue weighted by Gasteiger charge is 2.35. The molecule has 1 heterocycles. The fourth-order valence-electron chi connectivity index (χ4n) is 2.26. The van der Waals surface area contributed by atoms with Gasteiger partial charge in [0.15, 0.2) is 0 Å². The lowest BCUT2D eigenvalue weighted by Crippen LogP contribution is -2.39. The molecule has 1 amide bonds. The van der Waals surface area contributed by atoms with Gasteiger partial charge in [-0.1, -0.05) is 0 Å². The standard InChI is InChI=1S/C14H17F3N2O2/c1-21-8-13(10-2-3-10)19(9-20)7-12-5-4-11(6-18-12)14(15,16)17/h4-6,9-10,13H,2-3,7-8H2,1H3. The number of amides is 1. The van der Waals surface area contributed by atoms with Crippen molar-refractivity contribution in [2.24, 2.45) is 5.92 Å². The number of rotatable bonds is 7. The largest absolute Gasteiger partial charge is 0.417 e. The Bertz CT molecular complexity index is 472. The second-order valence-corrected chi connectivity index (χ2v) is 5.17. The molecule has 1 fully saturated rings. The van der Waals surface area contributed by atoms with Gasteiger partial charge in [-0.3, -0.25) is 9.78 Å². The van der Waals surface area contributed by atoms with Crippen LogP contribution in [0.15, 0.2) is 18.3 Å². The number of hydrogen-bond acceptors (Lipinski definition) is 3. The van der Waals surface area contributed by atoms with Crippen molar-refractivity contribution in [3.63, 3.8) is 0 Å². The van der Waals surface area contributed by atoms with Crippen LogP contribution in [-0.4, -0.2) is 36.1 Å². The number of pyridine rings is 1. The van der Waals surface area contributed by atoms with E-state index in [4.69, 9.17) is 4.74 Å². The third-order valence-electron chi connectivity index (χ3n) is 3.56. The molecule has 1 aromatic rings. The van der Waals surface area contributed by atoms with Gasteiger partial charge in [0.05, 0.1) is 30.5 Å². The van der Waals surface area contributed by atoms with E-state index in [1.54, 1.807) is 12.0 Å². The summed E-state index contributed by atoms with van der Waals surface area (Å²) >= 11 is 0. The minimum absolute atomic E-state index is 0.0448. The molecule has 0 spiro atoms. The average Bonchev–Trinajstić information content (AvgIpc) is 3.26. The molecule has 1 saturated carbocycles. The van der Waals surface area contributed by atoms with Crippen LogP contribution in [0.25, 0.3) is 0 Å². The van der Waals surface area contributed by atoms with Gasteiger partial charge >= 0.3 is 6.18 Å². The predicted octanol–water partition coefficient (Wildman–Crippen LogP) is 2.48. The van der Waals surface area contributed by atoms with E-state index in [1.165, 1.54) is 6.07 Å². The summed E-state index contributed by atoms with van der Waals surface area (Å²) in [5.74, 6) is 0.407. The highest BCUT2D eigenvalue weighted by atomic mass is 19.4. The van der Waals surface area contributed by atoms with Gasteiger partial charge in [0, 0.05) is 13.3 Å². The Labute approximate surface area is 120 Å². The summed E-state index contributed by atoms with van der Waals surface area (Å²) in [4.78, 5) is 16.6. The number of methoxy groups -OCH3 is 1. The molecule has 0 aromatic carbocycles. The lowest BCUT2D eigenvalue weighted by Gasteiger charge is -2.27. The van der Waals surface area contributed by atoms with Crippen LogP contribution < -0.4 is 0 Å². The Morgan fingerprint density at radius 2 is 2.19 bits per heavy atom. The van der Waals surface area contributed by atoms with E-state index in [-0.39, 0.29) is 12.6 Å². The van der Waals surface area contributed by atoms with Crippen LogP contribution in [0.3, 0.4) is 0 Å². The van der Waals surface area contributed by atoms with Gasteiger partial charge in [-0.15, -0.1) is 0 Å². The molecular formula is C14H17F3N2O2. The molecule has 1 atom stereocenters. The minimum Gasteiger partial charge on any atom is -0.383 e. The lowest BCUT2D eigenvalue weighted by atomic mass is 10.1. The summed E-state index contributed by atoms with van der Waals surface area (Å²) < 4.78 is 42.5. The minimum atomic E-state index is -4.40. The molecule has 1 aromatic heterocycles. The monoisotopic (exact) mass is 302 g/mol. The molecule has 2 rings (SSSR count). The zero-order valence-electron chi connectivity index (χ0n) is 11.6. The molecule has 0 bridgehead atoms. The fraction of sp³-hybridized carbons (Fsp3) is 0.571. The van der Waals surface area contributed by atoms with Crippen LogP contribution in [-0.2, 0) is 22.3 Å². The van der Waals surface area contributed by atoms with Crippen molar-refractivity contribution in [1.29, 1.82) is 0 Å². The van der Waals surface area contributed by atoms with Crippen LogP contribution in [0.1, 0.15) is 24.1 Å². The van der Waals surface area contributed by atoms with Gasteiger partial charge < -0.3 is 9.64 Å². The normalized spacial score (nSPS) is 16.6. The second-order valence-electron chi connectivity index (χ2n) is 5.17. The first kappa shape index (κ1) is 15.8. The fourth-order valence-corrected chi connectivity index (χ4v) is 2.26. The first-order valence-corrected chi connectivity index (χ1v) is 6.67. The maximum absolute atomic E-state index is 12.5. The Morgan fingerprint density at radius 1 is 1.48 bits per heavy atom. The van der Waals surface area contributed by atoms with Crippen LogP contribution in [0.4, 0.5) is 13.2 Å². The molecule has 1 unspecified atom stereocenters. The summed E-state index contributed by atoms with van der Waals surface area (Å²) in [5, 5.41) is 0. The summed E-state index contributed by atoms with van der Waals surface area (Å²) in [5.41, 5.74) is -0.364. The van der Waals surface area contributed by atoms with Crippen LogP contribution in [0, 0.1) is 5.92 Å². The summed E-state index contributed by atoms with van der Waals surface area (Å²) in [6, 6.07) is 2.24. The molecule has 0 saturated heterocycles. The third kappa shape index (κ3) is 4.17. The molecule has 7 heteroatoms. The molecule has 1 aliphatic rings. The Morgan fingerprint density at radius 3 is 2.62 bits per heavy atom. The number of aromatic nitrogens is 1. The number of nitrogens with zero attached hydrogens (tertiary/aromatic N) is 2. The molecule has 4 nitrogen and oxygen atoms in total. The van der Waals surface area contributed by atoms with E-state index in [1.807, 2.05) is 0 Å². The molecular weight excluding hydrogens is 285 g/mol. The van der Waals surface area contributed by atoms with Crippen molar-refractivity contribution in [3.8, 4) is 0 Å². The quantitative estimate of drug-likeness (QED) is 0.727. The molecule has 0 N–H and O–H groups in total. The number of hydrogen-bond donors (Lipinski definition) is 0.